The highest BCUT2D eigenvalue weighted by Gasteiger charge is 2.04. The van der Waals surface area contributed by atoms with Crippen molar-refractivity contribution in [2.45, 2.75) is 0 Å². The molecule has 0 saturated carbocycles. The minimum atomic E-state index is -0.573. The van der Waals surface area contributed by atoms with Crippen LogP contribution >= 0.6 is 23.2 Å². The lowest BCUT2D eigenvalue weighted by molar-refractivity contribution is 0.1000. The van der Waals surface area contributed by atoms with Gasteiger partial charge in [-0.05, 0) is 6.07 Å². The number of hydrogen-bond donors (Lipinski definition) is 1. The molecule has 0 aliphatic heterocycles. The number of carbonyl (C=O) groups is 1. The maximum absolute atomic E-state index is 10.5. The van der Waals surface area contributed by atoms with Crippen LogP contribution in [0.5, 0.6) is 0 Å². The van der Waals surface area contributed by atoms with Gasteiger partial charge in [0.1, 0.15) is 5.15 Å². The molecule has 0 aromatic carbocycles. The summed E-state index contributed by atoms with van der Waals surface area (Å²) in [6, 6.07) is 1.37. The van der Waals surface area contributed by atoms with E-state index in [0.717, 1.165) is 0 Å². The lowest BCUT2D eigenvalue weighted by Crippen LogP contribution is -2.11. The fourth-order valence-corrected chi connectivity index (χ4v) is 0.826. The molecular formula is C6H4Cl2N2O. The van der Waals surface area contributed by atoms with E-state index in [-0.39, 0.29) is 15.7 Å². The molecule has 0 saturated heterocycles. The van der Waals surface area contributed by atoms with Crippen molar-refractivity contribution < 1.29 is 4.79 Å². The number of pyridine rings is 1. The average molecular weight is 191 g/mol. The van der Waals surface area contributed by atoms with Gasteiger partial charge >= 0.3 is 0 Å². The summed E-state index contributed by atoms with van der Waals surface area (Å²) in [5.74, 6) is -0.573. The van der Waals surface area contributed by atoms with Gasteiger partial charge in [0.25, 0.3) is 0 Å². The Kier molecular flexibility index (Phi) is 2.31. The molecule has 2 N–H and O–H groups in total. The summed E-state index contributed by atoms with van der Waals surface area (Å²) in [6.45, 7) is 0. The van der Waals surface area contributed by atoms with Crippen molar-refractivity contribution in [3.8, 4) is 0 Å². The van der Waals surface area contributed by atoms with Crippen LogP contribution in [0, 0.1) is 0 Å². The van der Waals surface area contributed by atoms with Crippen molar-refractivity contribution in [3.05, 3.63) is 28.0 Å². The molecule has 0 aliphatic rings. The Labute approximate surface area is 73.1 Å². The van der Waals surface area contributed by atoms with E-state index >= 15 is 0 Å². The molecule has 0 bridgehead atoms. The van der Waals surface area contributed by atoms with Crippen LogP contribution in [-0.4, -0.2) is 10.9 Å². The SMILES string of the molecule is NC(=O)c1cnc(Cl)c(Cl)c1. The van der Waals surface area contributed by atoms with Gasteiger partial charge in [-0.3, -0.25) is 4.79 Å². The van der Waals surface area contributed by atoms with Crippen molar-refractivity contribution >= 4 is 29.1 Å². The van der Waals surface area contributed by atoms with Gasteiger partial charge in [-0.2, -0.15) is 0 Å². The quantitative estimate of drug-likeness (QED) is 0.683. The van der Waals surface area contributed by atoms with Crippen LogP contribution in [0.3, 0.4) is 0 Å². The van der Waals surface area contributed by atoms with Gasteiger partial charge in [0.2, 0.25) is 5.91 Å². The second-order valence-corrected chi connectivity index (χ2v) is 2.63. The van der Waals surface area contributed by atoms with E-state index < -0.39 is 5.91 Å². The number of rotatable bonds is 1. The first-order chi connectivity index (χ1) is 5.11. The number of amides is 1. The van der Waals surface area contributed by atoms with Gasteiger partial charge in [-0.1, -0.05) is 23.2 Å². The van der Waals surface area contributed by atoms with E-state index in [1.54, 1.807) is 0 Å². The van der Waals surface area contributed by atoms with Gasteiger partial charge in [-0.15, -0.1) is 0 Å². The van der Waals surface area contributed by atoms with Crippen LogP contribution in [0.25, 0.3) is 0 Å². The standard InChI is InChI=1S/C6H4Cl2N2O/c7-4-1-3(6(9)11)2-10-5(4)8/h1-2H,(H2,9,11). The van der Waals surface area contributed by atoms with Gasteiger partial charge in [0.15, 0.2) is 0 Å². The van der Waals surface area contributed by atoms with Crippen LogP contribution in [-0.2, 0) is 0 Å². The van der Waals surface area contributed by atoms with Crippen molar-refractivity contribution in [1.29, 1.82) is 0 Å². The second kappa shape index (κ2) is 3.07. The van der Waals surface area contributed by atoms with Crippen molar-refractivity contribution in [3.63, 3.8) is 0 Å². The van der Waals surface area contributed by atoms with E-state index in [0.29, 0.717) is 0 Å². The lowest BCUT2D eigenvalue weighted by Gasteiger charge is -1.96. The molecule has 0 atom stereocenters. The second-order valence-electron chi connectivity index (χ2n) is 1.86. The van der Waals surface area contributed by atoms with Gasteiger partial charge in [0, 0.05) is 6.20 Å². The van der Waals surface area contributed by atoms with E-state index in [4.69, 9.17) is 28.9 Å². The number of aromatic nitrogens is 1. The third kappa shape index (κ3) is 1.82. The zero-order valence-electron chi connectivity index (χ0n) is 5.34. The predicted octanol–water partition coefficient (Wildman–Crippen LogP) is 1.49. The number of halogens is 2. The molecule has 3 nitrogen and oxygen atoms in total. The highest BCUT2D eigenvalue weighted by Crippen LogP contribution is 2.19. The smallest absolute Gasteiger partial charge is 0.250 e. The highest BCUT2D eigenvalue weighted by atomic mass is 35.5. The molecule has 1 heterocycles. The van der Waals surface area contributed by atoms with E-state index in [2.05, 4.69) is 4.98 Å². The van der Waals surface area contributed by atoms with Crippen LogP contribution in [0.2, 0.25) is 10.2 Å². The van der Waals surface area contributed by atoms with Crippen molar-refractivity contribution in [2.75, 3.05) is 0 Å². The number of nitrogens with zero attached hydrogens (tertiary/aromatic N) is 1. The number of carbonyl (C=O) groups excluding carboxylic acids is 1. The first-order valence-corrected chi connectivity index (χ1v) is 3.47. The Bertz CT molecular complexity index is 301. The molecule has 58 valence electrons. The molecule has 1 amide bonds. The van der Waals surface area contributed by atoms with E-state index in [9.17, 15) is 4.79 Å². The molecular weight excluding hydrogens is 187 g/mol. The summed E-state index contributed by atoms with van der Waals surface area (Å²) < 4.78 is 0. The summed E-state index contributed by atoms with van der Waals surface area (Å²) >= 11 is 11.0. The summed E-state index contributed by atoms with van der Waals surface area (Å²) in [7, 11) is 0. The predicted molar refractivity (Wildman–Crippen MR) is 42.8 cm³/mol. The van der Waals surface area contributed by atoms with Gasteiger partial charge in [0.05, 0.1) is 10.6 Å². The number of nitrogens with two attached hydrogens (primary N) is 1. The zero-order chi connectivity index (χ0) is 8.43. The summed E-state index contributed by atoms with van der Waals surface area (Å²) in [6.07, 6.45) is 1.27. The van der Waals surface area contributed by atoms with Gasteiger partial charge in [-0.25, -0.2) is 4.98 Å². The maximum Gasteiger partial charge on any atom is 0.250 e. The number of primary amides is 1. The molecule has 1 rings (SSSR count). The van der Waals surface area contributed by atoms with Gasteiger partial charge < -0.3 is 5.73 Å². The van der Waals surface area contributed by atoms with Crippen molar-refractivity contribution in [1.82, 2.24) is 4.98 Å². The first kappa shape index (κ1) is 8.30. The molecule has 1 aromatic heterocycles. The first-order valence-electron chi connectivity index (χ1n) is 2.72. The monoisotopic (exact) mass is 190 g/mol. The normalized spacial score (nSPS) is 9.64. The maximum atomic E-state index is 10.5. The molecule has 11 heavy (non-hydrogen) atoms. The minimum Gasteiger partial charge on any atom is -0.366 e. The topological polar surface area (TPSA) is 56.0 Å². The fourth-order valence-electron chi connectivity index (χ4n) is 0.556. The van der Waals surface area contributed by atoms with Crippen LogP contribution in [0.4, 0.5) is 0 Å². The molecule has 0 unspecified atom stereocenters. The summed E-state index contributed by atoms with van der Waals surface area (Å²) in [5, 5.41) is 0.389. The Morgan fingerprint density at radius 2 is 2.18 bits per heavy atom. The third-order valence-corrected chi connectivity index (χ3v) is 1.77. The lowest BCUT2D eigenvalue weighted by atomic mass is 10.3. The van der Waals surface area contributed by atoms with Crippen LogP contribution in [0.15, 0.2) is 12.3 Å². The summed E-state index contributed by atoms with van der Waals surface area (Å²) in [5.41, 5.74) is 5.20. The summed E-state index contributed by atoms with van der Waals surface area (Å²) in [4.78, 5) is 14.2. The Hall–Kier alpha value is -0.800. The fraction of sp³-hybridized carbons (Fsp3) is 0. The molecule has 0 fully saturated rings. The molecule has 0 radical (unpaired) electrons. The molecule has 5 heteroatoms. The largest absolute Gasteiger partial charge is 0.366 e. The average Bonchev–Trinajstić information content (AvgIpc) is 1.94. The number of hydrogen-bond acceptors (Lipinski definition) is 2. The minimum absolute atomic E-state index is 0.164. The zero-order valence-corrected chi connectivity index (χ0v) is 6.86. The third-order valence-electron chi connectivity index (χ3n) is 1.08. The van der Waals surface area contributed by atoms with Crippen LogP contribution in [0.1, 0.15) is 10.4 Å². The molecule has 0 spiro atoms. The molecule has 0 aliphatic carbocycles. The van der Waals surface area contributed by atoms with Crippen molar-refractivity contribution in [2.24, 2.45) is 5.73 Å². The van der Waals surface area contributed by atoms with E-state index in [1.165, 1.54) is 12.3 Å². The Morgan fingerprint density at radius 1 is 1.55 bits per heavy atom. The molecule has 1 aromatic rings. The van der Waals surface area contributed by atoms with Crippen LogP contribution < -0.4 is 5.73 Å². The highest BCUT2D eigenvalue weighted by molar-refractivity contribution is 6.41. The van der Waals surface area contributed by atoms with E-state index in [1.807, 2.05) is 0 Å². The Balaban J connectivity index is 3.15. The Morgan fingerprint density at radius 3 is 2.64 bits per heavy atom.